The normalized spacial score (nSPS) is 9.73. The summed E-state index contributed by atoms with van der Waals surface area (Å²) in [7, 11) is 1.62. The number of imide groups is 1. The fourth-order valence-electron chi connectivity index (χ4n) is 0.956. The van der Waals surface area contributed by atoms with E-state index in [0.717, 1.165) is 4.88 Å². The first-order valence-electron chi connectivity index (χ1n) is 4.26. The van der Waals surface area contributed by atoms with Crippen LogP contribution in [-0.4, -0.2) is 29.8 Å². The molecule has 0 aliphatic carbocycles. The van der Waals surface area contributed by atoms with E-state index in [1.54, 1.807) is 18.4 Å². The summed E-state index contributed by atoms with van der Waals surface area (Å²) in [4.78, 5) is 24.7. The maximum atomic E-state index is 11.4. The fourth-order valence-corrected chi connectivity index (χ4v) is 1.78. The van der Waals surface area contributed by atoms with E-state index in [0.29, 0.717) is 6.54 Å². The lowest BCUT2D eigenvalue weighted by Crippen LogP contribution is -2.40. The first-order chi connectivity index (χ1) is 7.13. The van der Waals surface area contributed by atoms with E-state index < -0.39 is 11.9 Å². The smallest absolute Gasteiger partial charge is 0.322 e. The number of alkyl halides is 1. The molecule has 0 aromatic carbocycles. The van der Waals surface area contributed by atoms with Crippen LogP contribution in [0.2, 0.25) is 0 Å². The van der Waals surface area contributed by atoms with Crippen molar-refractivity contribution in [2.75, 3.05) is 12.9 Å². The summed E-state index contributed by atoms with van der Waals surface area (Å²) in [6.07, 6.45) is 0. The van der Waals surface area contributed by atoms with Gasteiger partial charge < -0.3 is 4.90 Å². The monoisotopic (exact) mass is 246 g/mol. The molecule has 0 saturated heterocycles. The molecule has 0 saturated carbocycles. The van der Waals surface area contributed by atoms with Crippen molar-refractivity contribution in [3.05, 3.63) is 22.4 Å². The average Bonchev–Trinajstić information content (AvgIpc) is 2.70. The van der Waals surface area contributed by atoms with E-state index in [1.807, 2.05) is 17.5 Å². The van der Waals surface area contributed by atoms with Gasteiger partial charge in [-0.15, -0.1) is 22.9 Å². The van der Waals surface area contributed by atoms with Gasteiger partial charge in [0.25, 0.3) is 0 Å². The van der Waals surface area contributed by atoms with Gasteiger partial charge in [0.05, 0.1) is 6.54 Å². The Morgan fingerprint density at radius 3 is 2.87 bits per heavy atom. The second-order valence-corrected chi connectivity index (χ2v) is 4.22. The number of hydrogen-bond acceptors (Lipinski definition) is 3. The third-order valence-corrected chi connectivity index (χ3v) is 2.79. The zero-order valence-electron chi connectivity index (χ0n) is 8.20. The highest BCUT2D eigenvalue weighted by molar-refractivity contribution is 7.09. The third kappa shape index (κ3) is 3.89. The van der Waals surface area contributed by atoms with Crippen LogP contribution in [0.4, 0.5) is 4.79 Å². The molecule has 0 bridgehead atoms. The van der Waals surface area contributed by atoms with E-state index >= 15 is 0 Å². The van der Waals surface area contributed by atoms with Crippen LogP contribution >= 0.6 is 22.9 Å². The van der Waals surface area contributed by atoms with E-state index in [2.05, 4.69) is 5.32 Å². The highest BCUT2D eigenvalue weighted by Gasteiger charge is 2.11. The van der Waals surface area contributed by atoms with Crippen LogP contribution in [0.1, 0.15) is 4.88 Å². The molecule has 1 N–H and O–H groups in total. The minimum atomic E-state index is -0.486. The van der Waals surface area contributed by atoms with Crippen LogP contribution in [0.15, 0.2) is 17.5 Å². The quantitative estimate of drug-likeness (QED) is 0.825. The van der Waals surface area contributed by atoms with Crippen LogP contribution < -0.4 is 5.32 Å². The molecule has 6 heteroatoms. The van der Waals surface area contributed by atoms with Crippen molar-refractivity contribution >= 4 is 34.9 Å². The van der Waals surface area contributed by atoms with Crippen LogP contribution in [-0.2, 0) is 11.3 Å². The molecule has 1 rings (SSSR count). The van der Waals surface area contributed by atoms with Crippen LogP contribution in [0.3, 0.4) is 0 Å². The zero-order chi connectivity index (χ0) is 11.3. The Bertz CT molecular complexity index is 340. The molecule has 4 nitrogen and oxygen atoms in total. The lowest BCUT2D eigenvalue weighted by molar-refractivity contribution is -0.117. The van der Waals surface area contributed by atoms with Crippen LogP contribution in [0.5, 0.6) is 0 Å². The number of thiophene rings is 1. The molecule has 1 aromatic rings. The molecule has 1 heterocycles. The summed E-state index contributed by atoms with van der Waals surface area (Å²) in [6, 6.07) is 3.40. The van der Waals surface area contributed by atoms with Crippen LogP contribution in [0.25, 0.3) is 0 Å². The van der Waals surface area contributed by atoms with E-state index in [9.17, 15) is 9.59 Å². The maximum absolute atomic E-state index is 11.4. The molecule has 3 amide bonds. The summed E-state index contributed by atoms with van der Waals surface area (Å²) in [5.74, 6) is -0.696. The Hall–Kier alpha value is -1.07. The Labute approximate surface area is 96.8 Å². The third-order valence-electron chi connectivity index (χ3n) is 1.69. The molecule has 82 valence electrons. The second kappa shape index (κ2) is 5.72. The molecule has 0 atom stereocenters. The number of carbonyl (C=O) groups excluding carboxylic acids is 2. The number of halogens is 1. The molecule has 15 heavy (non-hydrogen) atoms. The number of amides is 3. The largest absolute Gasteiger partial charge is 0.324 e. The van der Waals surface area contributed by atoms with Crippen molar-refractivity contribution in [3.63, 3.8) is 0 Å². The minimum Gasteiger partial charge on any atom is -0.322 e. The van der Waals surface area contributed by atoms with Gasteiger partial charge in [0, 0.05) is 11.9 Å². The van der Waals surface area contributed by atoms with E-state index in [4.69, 9.17) is 11.6 Å². The van der Waals surface area contributed by atoms with Gasteiger partial charge in [0.15, 0.2) is 0 Å². The minimum absolute atomic E-state index is 0.210. The highest BCUT2D eigenvalue weighted by Crippen LogP contribution is 2.10. The molecule has 0 radical (unpaired) electrons. The van der Waals surface area contributed by atoms with Crippen molar-refractivity contribution in [3.8, 4) is 0 Å². The van der Waals surface area contributed by atoms with Crippen molar-refractivity contribution < 1.29 is 9.59 Å². The van der Waals surface area contributed by atoms with Crippen molar-refractivity contribution in [1.29, 1.82) is 0 Å². The molecular formula is C9H11ClN2O2S. The predicted octanol–water partition coefficient (Wildman–Crippen LogP) is 1.65. The van der Waals surface area contributed by atoms with Gasteiger partial charge in [-0.2, -0.15) is 0 Å². The van der Waals surface area contributed by atoms with Gasteiger partial charge in [-0.05, 0) is 11.4 Å². The van der Waals surface area contributed by atoms with Crippen molar-refractivity contribution in [2.45, 2.75) is 6.54 Å². The first kappa shape index (κ1) is 12.0. The van der Waals surface area contributed by atoms with Crippen LogP contribution in [0, 0.1) is 0 Å². The molecular weight excluding hydrogens is 236 g/mol. The fraction of sp³-hybridized carbons (Fsp3) is 0.333. The molecule has 0 aliphatic heterocycles. The topological polar surface area (TPSA) is 49.4 Å². The lowest BCUT2D eigenvalue weighted by Gasteiger charge is -2.15. The Morgan fingerprint density at radius 1 is 1.60 bits per heavy atom. The zero-order valence-corrected chi connectivity index (χ0v) is 9.77. The van der Waals surface area contributed by atoms with Crippen molar-refractivity contribution in [2.24, 2.45) is 0 Å². The summed E-state index contributed by atoms with van der Waals surface area (Å²) in [5.41, 5.74) is 0. The number of nitrogens with zero attached hydrogens (tertiary/aromatic N) is 1. The summed E-state index contributed by atoms with van der Waals surface area (Å²) >= 11 is 6.82. The molecule has 0 unspecified atom stereocenters. The number of carbonyl (C=O) groups is 2. The molecule has 1 aromatic heterocycles. The molecule has 0 fully saturated rings. The van der Waals surface area contributed by atoms with Gasteiger partial charge in [0.2, 0.25) is 5.91 Å². The lowest BCUT2D eigenvalue weighted by atomic mass is 10.4. The summed E-state index contributed by atoms with van der Waals surface area (Å²) < 4.78 is 0. The molecule has 0 aliphatic rings. The average molecular weight is 247 g/mol. The van der Waals surface area contributed by atoms with Gasteiger partial charge in [-0.25, -0.2) is 4.79 Å². The Balaban J connectivity index is 2.43. The Kier molecular flexibility index (Phi) is 4.58. The number of rotatable bonds is 3. The second-order valence-electron chi connectivity index (χ2n) is 2.92. The Morgan fingerprint density at radius 2 is 2.33 bits per heavy atom. The van der Waals surface area contributed by atoms with Gasteiger partial charge >= 0.3 is 6.03 Å². The predicted molar refractivity (Wildman–Crippen MR) is 60.0 cm³/mol. The van der Waals surface area contributed by atoms with Gasteiger partial charge in [-0.3, -0.25) is 10.1 Å². The first-order valence-corrected chi connectivity index (χ1v) is 5.68. The van der Waals surface area contributed by atoms with Crippen molar-refractivity contribution in [1.82, 2.24) is 10.2 Å². The maximum Gasteiger partial charge on any atom is 0.324 e. The van der Waals surface area contributed by atoms with Gasteiger partial charge in [-0.1, -0.05) is 6.07 Å². The highest BCUT2D eigenvalue weighted by atomic mass is 35.5. The van der Waals surface area contributed by atoms with Gasteiger partial charge in [0.1, 0.15) is 5.88 Å². The number of nitrogens with one attached hydrogen (secondary N) is 1. The summed E-state index contributed by atoms with van der Waals surface area (Å²) in [6.45, 7) is 0.485. The standard InChI is InChI=1S/C9H11ClN2O2S/c1-12(6-7-3-2-4-15-7)9(14)11-8(13)5-10/h2-4H,5-6H2,1H3,(H,11,13,14). The van der Waals surface area contributed by atoms with E-state index in [-0.39, 0.29) is 5.88 Å². The molecule has 0 spiro atoms. The number of urea groups is 1. The SMILES string of the molecule is CN(Cc1cccs1)C(=O)NC(=O)CCl. The number of hydrogen-bond donors (Lipinski definition) is 1. The van der Waals surface area contributed by atoms with E-state index in [1.165, 1.54) is 4.90 Å². The summed E-state index contributed by atoms with van der Waals surface area (Å²) in [5, 5.41) is 4.10.